The summed E-state index contributed by atoms with van der Waals surface area (Å²) in [6.07, 6.45) is 12.0. The summed E-state index contributed by atoms with van der Waals surface area (Å²) in [5.41, 5.74) is 10.7. The molecule has 60 heavy (non-hydrogen) atoms. The lowest BCUT2D eigenvalue weighted by atomic mass is 9.81. The third kappa shape index (κ3) is 7.30. The first kappa shape index (κ1) is 38.2. The monoisotopic (exact) mass is 776 g/mol. The van der Waals surface area contributed by atoms with E-state index in [4.69, 9.17) is 0 Å². The summed E-state index contributed by atoms with van der Waals surface area (Å²) in [7, 11) is 0. The third-order valence-corrected chi connectivity index (χ3v) is 12.7. The molecular weight excluding hydrogens is 733 g/mol. The zero-order valence-electron chi connectivity index (χ0n) is 33.6. The van der Waals surface area contributed by atoms with E-state index in [-0.39, 0.29) is 0 Å². The topological polar surface area (TPSA) is 102 Å². The standard InChI is InChI=1S/C54H44N6/c55-33-37-11-21-45(22-12-37)59(46-23-13-38(34-56)14-24-46)53-50-30-20-44(42-9-5-2-6-10-42)32-52(50)54(49-29-19-43(31-51(49)53)41-7-3-1-4-8-41)60(47-25-15-39(35-57)16-26-47)48-27-17-40(36-58)18-28-48/h11-32,41-42H,1-10H2. The predicted molar refractivity (Wildman–Crippen MR) is 241 cm³/mol. The first-order valence-electron chi connectivity index (χ1n) is 21.2. The van der Waals surface area contributed by atoms with Gasteiger partial charge in [0, 0.05) is 44.3 Å². The van der Waals surface area contributed by atoms with Crippen molar-refractivity contribution in [3.63, 3.8) is 0 Å². The fourth-order valence-corrected chi connectivity index (χ4v) is 9.63. The van der Waals surface area contributed by atoms with Crippen molar-refractivity contribution >= 4 is 55.7 Å². The first-order chi connectivity index (χ1) is 29.6. The second kappa shape index (κ2) is 16.8. The van der Waals surface area contributed by atoms with Crippen LogP contribution in [0.25, 0.3) is 21.5 Å². The Kier molecular flexibility index (Phi) is 10.7. The number of nitrogens with zero attached hydrogens (tertiary/aromatic N) is 6. The van der Waals surface area contributed by atoms with Crippen molar-refractivity contribution in [3.8, 4) is 24.3 Å². The molecule has 9 rings (SSSR count). The van der Waals surface area contributed by atoms with E-state index < -0.39 is 0 Å². The molecule has 0 heterocycles. The van der Waals surface area contributed by atoms with Crippen molar-refractivity contribution in [1.29, 1.82) is 21.0 Å². The molecule has 0 N–H and O–H groups in total. The lowest BCUT2D eigenvalue weighted by Gasteiger charge is -2.34. The Bertz CT molecular complexity index is 2540. The molecule has 2 aliphatic rings. The van der Waals surface area contributed by atoms with Crippen LogP contribution in [0.2, 0.25) is 0 Å². The SMILES string of the molecule is N#Cc1ccc(N(c2ccc(C#N)cc2)c2c3ccc(C4CCCCC4)cc3c(N(c3ccc(C#N)cc3)c3ccc(C#N)cc3)c3ccc(C4CCCCC4)cc23)cc1. The second-order valence-corrected chi connectivity index (χ2v) is 16.3. The molecule has 0 atom stereocenters. The molecule has 0 amide bonds. The van der Waals surface area contributed by atoms with Crippen LogP contribution in [0, 0.1) is 45.3 Å². The summed E-state index contributed by atoms with van der Waals surface area (Å²) >= 11 is 0. The Balaban J connectivity index is 1.43. The van der Waals surface area contributed by atoms with Crippen LogP contribution in [0.15, 0.2) is 133 Å². The summed E-state index contributed by atoms with van der Waals surface area (Å²) < 4.78 is 0. The molecule has 2 aliphatic carbocycles. The maximum Gasteiger partial charge on any atom is 0.0991 e. The largest absolute Gasteiger partial charge is 0.309 e. The van der Waals surface area contributed by atoms with Gasteiger partial charge in [0.15, 0.2) is 0 Å². The predicted octanol–water partition coefficient (Wildman–Crippen LogP) is 14.5. The smallest absolute Gasteiger partial charge is 0.0991 e. The Hall–Kier alpha value is -7.38. The van der Waals surface area contributed by atoms with E-state index in [1.54, 1.807) is 0 Å². The number of anilines is 6. The summed E-state index contributed by atoms with van der Waals surface area (Å²) in [4.78, 5) is 4.60. The van der Waals surface area contributed by atoms with Gasteiger partial charge in [-0.3, -0.25) is 0 Å². The van der Waals surface area contributed by atoms with Gasteiger partial charge in [-0.1, -0.05) is 62.8 Å². The van der Waals surface area contributed by atoms with Crippen LogP contribution in [0.5, 0.6) is 0 Å². The summed E-state index contributed by atoms with van der Waals surface area (Å²) in [5, 5.41) is 43.6. The van der Waals surface area contributed by atoms with Crippen molar-refractivity contribution in [2.75, 3.05) is 9.80 Å². The van der Waals surface area contributed by atoms with Gasteiger partial charge in [0.1, 0.15) is 0 Å². The molecule has 0 aromatic heterocycles. The van der Waals surface area contributed by atoms with Crippen LogP contribution in [-0.4, -0.2) is 0 Å². The maximum atomic E-state index is 9.83. The van der Waals surface area contributed by atoms with Crippen molar-refractivity contribution in [2.24, 2.45) is 0 Å². The average molecular weight is 777 g/mol. The fraction of sp³-hybridized carbons (Fsp3) is 0.222. The van der Waals surface area contributed by atoms with Gasteiger partial charge >= 0.3 is 0 Å². The minimum Gasteiger partial charge on any atom is -0.309 e. The number of fused-ring (bicyclic) bond motifs is 2. The summed E-state index contributed by atoms with van der Waals surface area (Å²) in [6, 6.07) is 54.5. The highest BCUT2D eigenvalue weighted by atomic mass is 15.2. The minimum atomic E-state index is 0.454. The van der Waals surface area contributed by atoms with Gasteiger partial charge in [-0.15, -0.1) is 0 Å². The third-order valence-electron chi connectivity index (χ3n) is 12.7. The molecule has 6 heteroatoms. The van der Waals surface area contributed by atoms with Gasteiger partial charge in [0.05, 0.1) is 57.9 Å². The Morgan fingerprint density at radius 3 is 0.883 bits per heavy atom. The molecule has 2 fully saturated rings. The van der Waals surface area contributed by atoms with Crippen LogP contribution >= 0.6 is 0 Å². The van der Waals surface area contributed by atoms with Crippen molar-refractivity contribution < 1.29 is 0 Å². The van der Waals surface area contributed by atoms with Gasteiger partial charge in [0.25, 0.3) is 0 Å². The number of nitriles is 4. The minimum absolute atomic E-state index is 0.454. The molecule has 0 aliphatic heterocycles. The van der Waals surface area contributed by atoms with Crippen LogP contribution in [0.3, 0.4) is 0 Å². The van der Waals surface area contributed by atoms with E-state index in [0.717, 1.165) is 81.4 Å². The van der Waals surface area contributed by atoms with Crippen LogP contribution < -0.4 is 9.80 Å². The van der Waals surface area contributed by atoms with E-state index in [2.05, 4.69) is 70.5 Å². The Morgan fingerprint density at radius 2 is 0.617 bits per heavy atom. The van der Waals surface area contributed by atoms with Gasteiger partial charge < -0.3 is 9.80 Å². The molecule has 7 aromatic rings. The molecule has 0 radical (unpaired) electrons. The number of benzene rings is 7. The molecule has 0 unspecified atom stereocenters. The van der Waals surface area contributed by atoms with Crippen molar-refractivity contribution in [1.82, 2.24) is 0 Å². The van der Waals surface area contributed by atoms with Crippen molar-refractivity contribution in [3.05, 3.63) is 167 Å². The Labute approximate surface area is 352 Å². The molecule has 0 bridgehead atoms. The molecule has 0 spiro atoms. The van der Waals surface area contributed by atoms with E-state index >= 15 is 0 Å². The summed E-state index contributed by atoms with van der Waals surface area (Å²) in [6.45, 7) is 0. The number of rotatable bonds is 8. The Morgan fingerprint density at radius 1 is 0.333 bits per heavy atom. The van der Waals surface area contributed by atoms with Gasteiger partial charge in [0.2, 0.25) is 0 Å². The first-order valence-corrected chi connectivity index (χ1v) is 21.2. The van der Waals surface area contributed by atoms with E-state index in [1.165, 1.54) is 49.7 Å². The lowest BCUT2D eigenvalue weighted by molar-refractivity contribution is 0.444. The second-order valence-electron chi connectivity index (χ2n) is 16.3. The lowest BCUT2D eigenvalue weighted by Crippen LogP contribution is -2.15. The number of hydrogen-bond donors (Lipinski definition) is 0. The number of hydrogen-bond acceptors (Lipinski definition) is 6. The van der Waals surface area contributed by atoms with Gasteiger partial charge in [-0.05, 0) is 158 Å². The van der Waals surface area contributed by atoms with Crippen LogP contribution in [0.1, 0.15) is 109 Å². The summed E-state index contributed by atoms with van der Waals surface area (Å²) in [5.74, 6) is 0.908. The highest BCUT2D eigenvalue weighted by molar-refractivity contribution is 6.23. The molecule has 2 saturated carbocycles. The van der Waals surface area contributed by atoms with Gasteiger partial charge in [-0.25, -0.2) is 0 Å². The average Bonchev–Trinajstić information content (AvgIpc) is 3.33. The molecule has 6 nitrogen and oxygen atoms in total. The normalized spacial score (nSPS) is 14.5. The van der Waals surface area contributed by atoms with E-state index in [1.807, 2.05) is 97.1 Å². The molecule has 0 saturated heterocycles. The van der Waals surface area contributed by atoms with Crippen LogP contribution in [0.4, 0.5) is 34.1 Å². The zero-order valence-corrected chi connectivity index (χ0v) is 33.6. The van der Waals surface area contributed by atoms with E-state index in [9.17, 15) is 21.0 Å². The highest BCUT2D eigenvalue weighted by Crippen LogP contribution is 2.53. The molecule has 7 aromatic carbocycles. The highest BCUT2D eigenvalue weighted by Gasteiger charge is 2.28. The van der Waals surface area contributed by atoms with E-state index in [0.29, 0.717) is 34.1 Å². The fourth-order valence-electron chi connectivity index (χ4n) is 9.63. The maximum absolute atomic E-state index is 9.83. The quantitative estimate of drug-likeness (QED) is 0.112. The zero-order chi connectivity index (χ0) is 41.0. The molecule has 290 valence electrons. The van der Waals surface area contributed by atoms with Crippen LogP contribution in [-0.2, 0) is 0 Å². The van der Waals surface area contributed by atoms with Crippen molar-refractivity contribution in [2.45, 2.75) is 76.0 Å². The molecular formula is C54H44N6. The van der Waals surface area contributed by atoms with Gasteiger partial charge in [-0.2, -0.15) is 21.0 Å².